The summed E-state index contributed by atoms with van der Waals surface area (Å²) < 4.78 is 0. The van der Waals surface area contributed by atoms with Gasteiger partial charge in [0.05, 0.1) is 5.76 Å². The summed E-state index contributed by atoms with van der Waals surface area (Å²) in [6, 6.07) is 0. The molecule has 0 aromatic carbocycles. The first kappa shape index (κ1) is 8.18. The van der Waals surface area contributed by atoms with E-state index in [2.05, 4.69) is 0 Å². The van der Waals surface area contributed by atoms with Crippen molar-refractivity contribution < 1.29 is 10.2 Å². The van der Waals surface area contributed by atoms with E-state index in [9.17, 15) is 5.11 Å². The Bertz CT molecular complexity index is 212. The van der Waals surface area contributed by atoms with E-state index < -0.39 is 0 Å². The Hall–Kier alpha value is -0.920. The fourth-order valence-corrected chi connectivity index (χ4v) is 1.30. The largest absolute Gasteiger partial charge is 0.512 e. The Balaban J connectivity index is 2.86. The standard InChI is InChI=1S/C9H14O2/c1-6(2)8-4-3-7(10)5-9(8)11/h5-6,10-11H,3-4H2,1-2H3. The first-order chi connectivity index (χ1) is 5.11. The van der Waals surface area contributed by atoms with E-state index in [-0.39, 0.29) is 11.5 Å². The van der Waals surface area contributed by atoms with E-state index in [1.165, 1.54) is 6.08 Å². The second-order valence-corrected chi connectivity index (χ2v) is 3.20. The maximum absolute atomic E-state index is 9.35. The van der Waals surface area contributed by atoms with Gasteiger partial charge in [-0.1, -0.05) is 13.8 Å². The maximum atomic E-state index is 9.35. The van der Waals surface area contributed by atoms with Gasteiger partial charge in [-0.15, -0.1) is 0 Å². The molecular formula is C9H14O2. The molecule has 0 fully saturated rings. The third-order valence-corrected chi connectivity index (χ3v) is 1.98. The lowest BCUT2D eigenvalue weighted by Crippen LogP contribution is -2.04. The van der Waals surface area contributed by atoms with Crippen LogP contribution in [0.5, 0.6) is 0 Å². The van der Waals surface area contributed by atoms with Crippen LogP contribution < -0.4 is 0 Å². The van der Waals surface area contributed by atoms with Crippen molar-refractivity contribution in [2.75, 3.05) is 0 Å². The number of rotatable bonds is 1. The zero-order valence-electron chi connectivity index (χ0n) is 6.96. The van der Waals surface area contributed by atoms with E-state index in [0.717, 1.165) is 12.0 Å². The van der Waals surface area contributed by atoms with Crippen LogP contribution in [0.2, 0.25) is 0 Å². The lowest BCUT2D eigenvalue weighted by Gasteiger charge is -2.16. The third-order valence-electron chi connectivity index (χ3n) is 1.98. The molecule has 0 bridgehead atoms. The summed E-state index contributed by atoms with van der Waals surface area (Å²) >= 11 is 0. The fraction of sp³-hybridized carbons (Fsp3) is 0.556. The smallest absolute Gasteiger partial charge is 0.118 e. The van der Waals surface area contributed by atoms with Crippen molar-refractivity contribution in [2.45, 2.75) is 26.7 Å². The lowest BCUT2D eigenvalue weighted by atomic mass is 9.93. The van der Waals surface area contributed by atoms with Crippen molar-refractivity contribution in [3.05, 3.63) is 23.2 Å². The van der Waals surface area contributed by atoms with Gasteiger partial charge in [0.1, 0.15) is 5.76 Å². The van der Waals surface area contributed by atoms with E-state index in [1.54, 1.807) is 0 Å². The van der Waals surface area contributed by atoms with Crippen LogP contribution in [-0.4, -0.2) is 10.2 Å². The molecule has 0 heterocycles. The Labute approximate surface area is 66.9 Å². The zero-order chi connectivity index (χ0) is 8.43. The van der Waals surface area contributed by atoms with Gasteiger partial charge in [0.25, 0.3) is 0 Å². The molecule has 1 aliphatic rings. The summed E-state index contributed by atoms with van der Waals surface area (Å²) in [6.45, 7) is 4.09. The highest BCUT2D eigenvalue weighted by Crippen LogP contribution is 2.26. The number of aliphatic hydroxyl groups excluding tert-OH is 2. The fourth-order valence-electron chi connectivity index (χ4n) is 1.30. The average Bonchev–Trinajstić information content (AvgIpc) is 1.85. The molecule has 0 aromatic heterocycles. The molecule has 1 rings (SSSR count). The molecule has 2 nitrogen and oxygen atoms in total. The summed E-state index contributed by atoms with van der Waals surface area (Å²) in [4.78, 5) is 0. The first-order valence-electron chi connectivity index (χ1n) is 3.93. The molecule has 0 amide bonds. The summed E-state index contributed by atoms with van der Waals surface area (Å²) in [7, 11) is 0. The van der Waals surface area contributed by atoms with Crippen molar-refractivity contribution in [3.63, 3.8) is 0 Å². The Morgan fingerprint density at radius 3 is 2.36 bits per heavy atom. The van der Waals surface area contributed by atoms with Gasteiger partial charge in [-0.2, -0.15) is 0 Å². The van der Waals surface area contributed by atoms with Crippen LogP contribution >= 0.6 is 0 Å². The summed E-state index contributed by atoms with van der Waals surface area (Å²) in [5, 5.41) is 18.4. The minimum absolute atomic E-state index is 0.253. The third kappa shape index (κ3) is 1.76. The van der Waals surface area contributed by atoms with Gasteiger partial charge in [-0.05, 0) is 17.9 Å². The molecule has 0 radical (unpaired) electrons. The Morgan fingerprint density at radius 2 is 1.91 bits per heavy atom. The molecule has 2 N–H and O–H groups in total. The Morgan fingerprint density at radius 1 is 1.27 bits per heavy atom. The number of hydrogen-bond acceptors (Lipinski definition) is 2. The summed E-state index contributed by atoms with van der Waals surface area (Å²) in [5.74, 6) is 0.912. The van der Waals surface area contributed by atoms with E-state index >= 15 is 0 Å². The quantitative estimate of drug-likeness (QED) is 0.609. The van der Waals surface area contributed by atoms with Crippen molar-refractivity contribution in [1.29, 1.82) is 0 Å². The molecule has 0 spiro atoms. The number of allylic oxidation sites excluding steroid dienone is 3. The monoisotopic (exact) mass is 154 g/mol. The minimum Gasteiger partial charge on any atom is -0.512 e. The highest BCUT2D eigenvalue weighted by atomic mass is 16.3. The van der Waals surface area contributed by atoms with Crippen LogP contribution in [-0.2, 0) is 0 Å². The lowest BCUT2D eigenvalue weighted by molar-refractivity contribution is 0.351. The highest BCUT2D eigenvalue weighted by Gasteiger charge is 2.14. The van der Waals surface area contributed by atoms with Crippen LogP contribution in [0.1, 0.15) is 26.7 Å². The molecule has 0 aromatic rings. The van der Waals surface area contributed by atoms with Gasteiger partial charge >= 0.3 is 0 Å². The van der Waals surface area contributed by atoms with E-state index in [4.69, 9.17) is 5.11 Å². The van der Waals surface area contributed by atoms with Crippen LogP contribution in [0.4, 0.5) is 0 Å². The molecular weight excluding hydrogens is 140 g/mol. The molecule has 0 atom stereocenters. The molecule has 0 aliphatic heterocycles. The zero-order valence-corrected chi connectivity index (χ0v) is 6.96. The van der Waals surface area contributed by atoms with E-state index in [0.29, 0.717) is 12.3 Å². The second-order valence-electron chi connectivity index (χ2n) is 3.20. The van der Waals surface area contributed by atoms with Crippen molar-refractivity contribution in [1.82, 2.24) is 0 Å². The first-order valence-corrected chi connectivity index (χ1v) is 3.93. The van der Waals surface area contributed by atoms with Crippen molar-refractivity contribution in [3.8, 4) is 0 Å². The Kier molecular flexibility index (Phi) is 2.22. The summed E-state index contributed by atoms with van der Waals surface area (Å²) in [5.41, 5.74) is 1.04. The van der Waals surface area contributed by atoms with Gasteiger partial charge in [0.2, 0.25) is 0 Å². The van der Waals surface area contributed by atoms with Crippen molar-refractivity contribution >= 4 is 0 Å². The summed E-state index contributed by atoms with van der Waals surface area (Å²) in [6.07, 6.45) is 2.89. The molecule has 0 unspecified atom stereocenters. The van der Waals surface area contributed by atoms with Gasteiger partial charge in [0, 0.05) is 12.5 Å². The predicted octanol–water partition coefficient (Wildman–Crippen LogP) is 2.69. The van der Waals surface area contributed by atoms with Gasteiger partial charge in [0.15, 0.2) is 0 Å². The van der Waals surface area contributed by atoms with Gasteiger partial charge in [-0.25, -0.2) is 0 Å². The normalized spacial score (nSPS) is 19.0. The van der Waals surface area contributed by atoms with Crippen LogP contribution in [0.15, 0.2) is 23.2 Å². The SMILES string of the molecule is CC(C)C1=C(O)C=C(O)CC1. The second kappa shape index (κ2) is 2.99. The maximum Gasteiger partial charge on any atom is 0.118 e. The molecule has 0 saturated heterocycles. The predicted molar refractivity (Wildman–Crippen MR) is 44.4 cm³/mol. The van der Waals surface area contributed by atoms with Gasteiger partial charge < -0.3 is 10.2 Å². The highest BCUT2D eigenvalue weighted by molar-refractivity contribution is 5.26. The van der Waals surface area contributed by atoms with Crippen LogP contribution in [0.25, 0.3) is 0 Å². The van der Waals surface area contributed by atoms with E-state index in [1.807, 2.05) is 13.8 Å². The molecule has 0 saturated carbocycles. The van der Waals surface area contributed by atoms with Crippen molar-refractivity contribution in [2.24, 2.45) is 5.92 Å². The topological polar surface area (TPSA) is 40.5 Å². The minimum atomic E-state index is 0.253. The molecule has 11 heavy (non-hydrogen) atoms. The number of aliphatic hydroxyl groups is 2. The molecule has 1 aliphatic carbocycles. The van der Waals surface area contributed by atoms with Crippen LogP contribution in [0.3, 0.4) is 0 Å². The average molecular weight is 154 g/mol. The molecule has 2 heteroatoms. The van der Waals surface area contributed by atoms with Gasteiger partial charge in [-0.3, -0.25) is 0 Å². The van der Waals surface area contributed by atoms with Crippen LogP contribution in [0, 0.1) is 5.92 Å². The molecule has 62 valence electrons. The number of hydrogen-bond donors (Lipinski definition) is 2.